The van der Waals surface area contributed by atoms with E-state index in [1.54, 1.807) is 6.92 Å². The zero-order chi connectivity index (χ0) is 31.0. The maximum Gasteiger partial charge on any atom is 0.318 e. The molecule has 0 amide bonds. The van der Waals surface area contributed by atoms with E-state index in [0.717, 1.165) is 38.5 Å². The van der Waals surface area contributed by atoms with Gasteiger partial charge in [-0.2, -0.15) is 0 Å². The molecule has 10 nitrogen and oxygen atoms in total. The van der Waals surface area contributed by atoms with Gasteiger partial charge in [-0.05, 0) is 87.9 Å². The largest absolute Gasteiger partial charge is 0.481 e. The van der Waals surface area contributed by atoms with E-state index in [1.165, 1.54) is 6.92 Å². The molecule has 6 unspecified atom stereocenters. The first-order valence-electron chi connectivity index (χ1n) is 15.5. The number of Topliss-reactive ketones (excluding diaryl/α,β-unsaturated/α-hetero) is 1. The van der Waals surface area contributed by atoms with Gasteiger partial charge in [0, 0.05) is 5.92 Å². The summed E-state index contributed by atoms with van der Waals surface area (Å²) in [5.74, 6) is -3.96. The first-order chi connectivity index (χ1) is 20.5. The molecule has 3 saturated carbocycles. The van der Waals surface area contributed by atoms with Crippen LogP contribution >= 0.6 is 0 Å². The topological polar surface area (TPSA) is 161 Å². The number of allylic oxidation sites excluding steroid dienone is 6. The fourth-order valence-corrected chi connectivity index (χ4v) is 8.65. The van der Waals surface area contributed by atoms with Gasteiger partial charge in [-0.25, -0.2) is 0 Å². The van der Waals surface area contributed by atoms with Crippen LogP contribution in [0.25, 0.3) is 0 Å². The van der Waals surface area contributed by atoms with Gasteiger partial charge in [0.05, 0.1) is 36.2 Å². The van der Waals surface area contributed by atoms with Crippen molar-refractivity contribution < 1.29 is 48.5 Å². The van der Waals surface area contributed by atoms with Crippen molar-refractivity contribution in [1.82, 2.24) is 0 Å². The predicted molar refractivity (Wildman–Crippen MR) is 151 cm³/mol. The third kappa shape index (κ3) is 5.85. The number of carboxylic acids is 2. The number of ketones is 1. The quantitative estimate of drug-likeness (QED) is 0.271. The maximum atomic E-state index is 11.8. The van der Waals surface area contributed by atoms with Crippen molar-refractivity contribution in [2.24, 2.45) is 71.0 Å². The van der Waals surface area contributed by atoms with Crippen LogP contribution in [0.2, 0.25) is 0 Å². The smallest absolute Gasteiger partial charge is 0.318 e. The Labute approximate surface area is 250 Å². The zero-order valence-electron chi connectivity index (χ0n) is 24.5. The van der Waals surface area contributed by atoms with Crippen molar-refractivity contribution in [3.8, 4) is 0 Å². The number of hydrogen-bond acceptors (Lipinski definition) is 8. The number of carboxylic acid groups (broad SMARTS) is 2. The summed E-state index contributed by atoms with van der Waals surface area (Å²) in [4.78, 5) is 68.1. The van der Waals surface area contributed by atoms with Crippen LogP contribution < -0.4 is 0 Å². The van der Waals surface area contributed by atoms with Crippen LogP contribution in [0.4, 0.5) is 0 Å². The lowest BCUT2D eigenvalue weighted by Crippen LogP contribution is -2.45. The van der Waals surface area contributed by atoms with Crippen LogP contribution in [0.15, 0.2) is 36.5 Å². The summed E-state index contributed by atoms with van der Waals surface area (Å²) in [7, 11) is 0. The highest BCUT2D eigenvalue weighted by Crippen LogP contribution is 2.49. The van der Waals surface area contributed by atoms with E-state index in [2.05, 4.69) is 16.9 Å². The van der Waals surface area contributed by atoms with E-state index in [-0.39, 0.29) is 77.0 Å². The highest BCUT2D eigenvalue weighted by molar-refractivity contribution is 5.97. The fraction of sp³-hybridized carbons (Fsp3) is 0.636. The van der Waals surface area contributed by atoms with Gasteiger partial charge in [0.25, 0.3) is 0 Å². The number of cyclic esters (lactones) is 2. The molecule has 1 saturated heterocycles. The number of fused-ring (bicyclic) bond motifs is 5. The summed E-state index contributed by atoms with van der Waals surface area (Å²) in [5, 5.41) is 18.3. The van der Waals surface area contributed by atoms with E-state index in [0.29, 0.717) is 6.61 Å². The summed E-state index contributed by atoms with van der Waals surface area (Å²) < 4.78 is 9.65. The van der Waals surface area contributed by atoms with Gasteiger partial charge in [-0.1, -0.05) is 36.5 Å². The van der Waals surface area contributed by atoms with Crippen LogP contribution in [-0.4, -0.2) is 52.4 Å². The number of carbonyl (C=O) groups is 6. The Balaban J connectivity index is 0.000000129. The highest BCUT2D eigenvalue weighted by atomic mass is 16.6. The second kappa shape index (κ2) is 12.6. The number of hydrogen-bond donors (Lipinski definition) is 2. The van der Waals surface area contributed by atoms with Crippen molar-refractivity contribution in [2.45, 2.75) is 52.4 Å². The van der Waals surface area contributed by atoms with E-state index in [1.807, 2.05) is 24.3 Å². The van der Waals surface area contributed by atoms with Crippen molar-refractivity contribution >= 4 is 35.6 Å². The van der Waals surface area contributed by atoms with Gasteiger partial charge in [-0.15, -0.1) is 0 Å². The molecule has 2 N–H and O–H groups in total. The third-order valence-corrected chi connectivity index (χ3v) is 10.6. The molecule has 1 heterocycles. The molecule has 6 bridgehead atoms. The molecule has 1 aliphatic heterocycles. The molecule has 43 heavy (non-hydrogen) atoms. The highest BCUT2D eigenvalue weighted by Gasteiger charge is 2.55. The first kappa shape index (κ1) is 30.9. The van der Waals surface area contributed by atoms with E-state index in [4.69, 9.17) is 9.84 Å². The predicted octanol–water partition coefficient (Wildman–Crippen LogP) is 3.85. The van der Waals surface area contributed by atoms with Gasteiger partial charge in [0.1, 0.15) is 5.78 Å². The van der Waals surface area contributed by atoms with Crippen molar-refractivity contribution in [3.63, 3.8) is 0 Å². The molecule has 0 aromatic carbocycles. The average molecular weight is 597 g/mol. The summed E-state index contributed by atoms with van der Waals surface area (Å²) >= 11 is 0. The molecule has 4 fully saturated rings. The Morgan fingerprint density at radius 3 is 1.33 bits per heavy atom. The maximum absolute atomic E-state index is 11.8. The Bertz CT molecular complexity index is 1200. The zero-order valence-corrected chi connectivity index (χ0v) is 24.5. The Kier molecular flexibility index (Phi) is 9.04. The van der Waals surface area contributed by atoms with E-state index in [9.17, 15) is 33.9 Å². The molecule has 10 aliphatic rings. The minimum absolute atomic E-state index is 0.00286. The SMILES string of the molecule is CC(=O)[C@@H]1[C@@H](C(=O)O)[C@H]2C=C[C@@H]1CC2.CCOC(=O)C1C2C=CC(CC2)C1C(=O)O.O=C1OC(=O)[C@H]2C3C=CC(CC3)[C@@H]12. The summed E-state index contributed by atoms with van der Waals surface area (Å²) in [6.07, 6.45) is 17.8. The van der Waals surface area contributed by atoms with Crippen molar-refractivity contribution in [3.05, 3.63) is 36.5 Å². The normalized spacial score (nSPS) is 40.4. The number of carbonyl (C=O) groups excluding carboxylic acids is 4. The molecular formula is C33H40O10. The van der Waals surface area contributed by atoms with Gasteiger partial charge >= 0.3 is 29.8 Å². The lowest BCUT2D eigenvalue weighted by atomic mass is 9.61. The number of rotatable bonds is 5. The number of ether oxygens (including phenoxy) is 2. The molecule has 232 valence electrons. The Hall–Kier alpha value is -3.56. The van der Waals surface area contributed by atoms with Crippen LogP contribution in [0, 0.1) is 71.0 Å². The molecule has 0 radical (unpaired) electrons. The first-order valence-corrected chi connectivity index (χ1v) is 15.5. The molecule has 0 aromatic rings. The fourth-order valence-electron chi connectivity index (χ4n) is 8.65. The second-order valence-corrected chi connectivity index (χ2v) is 12.8. The van der Waals surface area contributed by atoms with Gasteiger partial charge < -0.3 is 19.7 Å². The molecule has 10 heteroatoms. The van der Waals surface area contributed by atoms with Crippen LogP contribution in [0.3, 0.4) is 0 Å². The third-order valence-electron chi connectivity index (χ3n) is 10.6. The summed E-state index contributed by atoms with van der Waals surface area (Å²) in [6, 6.07) is 0. The minimum atomic E-state index is -0.878. The minimum Gasteiger partial charge on any atom is -0.481 e. The van der Waals surface area contributed by atoms with E-state index < -0.39 is 29.7 Å². The summed E-state index contributed by atoms with van der Waals surface area (Å²) in [5.41, 5.74) is 0. The number of aliphatic carboxylic acids is 2. The standard InChI is InChI=1S/C12H16O4.C11H14O3.C10H10O3/c1-2-16-12(15)10-8-5-3-7(4-6-8)9(10)11(13)14;1-6(12)9-7-2-4-8(5-3-7)10(9)11(13)14;11-9-7-5-1-2-6(4-3-5)8(7)10(12)13-9/h3,5,7-10H,2,4,6H2,1H3,(H,13,14);2,4,7-10H,3,5H2,1H3,(H,13,14);1-2,5-8H,3-4H2/t;7-,8+,9+,10+;5?,6?,7-,8+/m.1./s1. The second-order valence-electron chi connectivity index (χ2n) is 12.8. The Morgan fingerprint density at radius 2 is 1.00 bits per heavy atom. The Morgan fingerprint density at radius 1 is 0.651 bits per heavy atom. The average Bonchev–Trinajstić information content (AvgIpc) is 3.34. The number of esters is 3. The van der Waals surface area contributed by atoms with Crippen LogP contribution in [-0.2, 0) is 38.2 Å². The molecule has 12 atom stereocenters. The molecule has 0 spiro atoms. The van der Waals surface area contributed by atoms with Crippen LogP contribution in [0.1, 0.15) is 52.4 Å². The van der Waals surface area contributed by atoms with E-state index >= 15 is 0 Å². The van der Waals surface area contributed by atoms with Gasteiger partial charge in [0.15, 0.2) is 0 Å². The van der Waals surface area contributed by atoms with Crippen LogP contribution in [0.5, 0.6) is 0 Å². The summed E-state index contributed by atoms with van der Waals surface area (Å²) in [6.45, 7) is 3.56. The lowest BCUT2D eigenvalue weighted by molar-refractivity contribution is -0.163. The molecular weight excluding hydrogens is 556 g/mol. The van der Waals surface area contributed by atoms with Crippen molar-refractivity contribution in [2.75, 3.05) is 6.61 Å². The monoisotopic (exact) mass is 596 g/mol. The molecule has 9 aliphatic carbocycles. The lowest BCUT2D eigenvalue weighted by Gasteiger charge is -2.41. The van der Waals surface area contributed by atoms with Gasteiger partial charge in [-0.3, -0.25) is 28.8 Å². The van der Waals surface area contributed by atoms with Crippen molar-refractivity contribution in [1.29, 1.82) is 0 Å². The molecule has 10 rings (SSSR count). The molecule has 0 aromatic heterocycles. The van der Waals surface area contributed by atoms with Gasteiger partial charge in [0.2, 0.25) is 0 Å².